The molecule has 0 aromatic carbocycles. The number of hydrogen-bond acceptors (Lipinski definition) is 2. The van der Waals surface area contributed by atoms with E-state index in [1.807, 2.05) is 0 Å². The fourth-order valence-corrected chi connectivity index (χ4v) is 1.92. The smallest absolute Gasteiger partial charge is 0.0769 e. The zero-order valence-electron chi connectivity index (χ0n) is 8.68. The first-order chi connectivity index (χ1) is 5.47. The van der Waals surface area contributed by atoms with Crippen LogP contribution in [0, 0.1) is 5.41 Å². The largest absolute Gasteiger partial charge is 0.389 e. The molecule has 0 aromatic heterocycles. The molecule has 80 valence electrons. The predicted molar refractivity (Wildman–Crippen MR) is 58.1 cm³/mol. The van der Waals surface area contributed by atoms with Gasteiger partial charge in [-0.25, -0.2) is 0 Å². The highest BCUT2D eigenvalue weighted by Gasteiger charge is 2.32. The first-order valence-electron chi connectivity index (χ1n) is 4.90. The highest BCUT2D eigenvalue weighted by atomic mass is 35.5. The van der Waals surface area contributed by atoms with Crippen molar-refractivity contribution in [2.24, 2.45) is 11.1 Å². The highest BCUT2D eigenvalue weighted by Crippen LogP contribution is 2.37. The molecule has 0 aliphatic heterocycles. The van der Waals surface area contributed by atoms with Crippen LogP contribution >= 0.6 is 12.4 Å². The van der Waals surface area contributed by atoms with E-state index in [0.717, 1.165) is 25.7 Å². The molecule has 2 nitrogen and oxygen atoms in total. The molecule has 0 aromatic rings. The predicted octanol–water partition coefficient (Wildman–Crippen LogP) is 2.09. The van der Waals surface area contributed by atoms with Gasteiger partial charge in [-0.2, -0.15) is 0 Å². The van der Waals surface area contributed by atoms with E-state index in [-0.39, 0.29) is 12.4 Å². The molecule has 1 saturated carbocycles. The van der Waals surface area contributed by atoms with Crippen LogP contribution in [-0.4, -0.2) is 17.3 Å². The van der Waals surface area contributed by atoms with Crippen LogP contribution in [0.25, 0.3) is 0 Å². The molecule has 1 rings (SSSR count). The quantitative estimate of drug-likeness (QED) is 0.647. The lowest BCUT2D eigenvalue weighted by Gasteiger charge is -2.26. The lowest BCUT2D eigenvalue weighted by Crippen LogP contribution is -2.37. The van der Waals surface area contributed by atoms with Gasteiger partial charge in [0.05, 0.1) is 5.60 Å². The van der Waals surface area contributed by atoms with E-state index < -0.39 is 5.60 Å². The highest BCUT2D eigenvalue weighted by molar-refractivity contribution is 5.85. The van der Waals surface area contributed by atoms with Crippen LogP contribution in [0.5, 0.6) is 0 Å². The molecule has 0 saturated heterocycles. The first kappa shape index (κ1) is 13.2. The van der Waals surface area contributed by atoms with E-state index in [4.69, 9.17) is 5.73 Å². The van der Waals surface area contributed by atoms with Crippen LogP contribution < -0.4 is 5.73 Å². The molecule has 0 radical (unpaired) electrons. The van der Waals surface area contributed by atoms with Crippen molar-refractivity contribution in [1.29, 1.82) is 0 Å². The van der Waals surface area contributed by atoms with E-state index in [1.54, 1.807) is 0 Å². The van der Waals surface area contributed by atoms with Gasteiger partial charge in [0.1, 0.15) is 0 Å². The van der Waals surface area contributed by atoms with Crippen molar-refractivity contribution >= 4 is 12.4 Å². The van der Waals surface area contributed by atoms with Crippen molar-refractivity contribution in [2.45, 2.75) is 51.6 Å². The Morgan fingerprint density at radius 2 is 1.77 bits per heavy atom. The zero-order valence-corrected chi connectivity index (χ0v) is 9.49. The fourth-order valence-electron chi connectivity index (χ4n) is 1.92. The normalized spacial score (nSPS) is 33.2. The second kappa shape index (κ2) is 4.63. The van der Waals surface area contributed by atoms with Crippen molar-refractivity contribution in [1.82, 2.24) is 0 Å². The molecule has 3 heteroatoms. The summed E-state index contributed by atoms with van der Waals surface area (Å²) in [4.78, 5) is 0. The van der Waals surface area contributed by atoms with E-state index >= 15 is 0 Å². The van der Waals surface area contributed by atoms with Crippen LogP contribution in [0.1, 0.15) is 46.0 Å². The van der Waals surface area contributed by atoms with Gasteiger partial charge in [0.15, 0.2) is 0 Å². The number of hydrogen-bond donors (Lipinski definition) is 2. The Bertz CT molecular complexity index is 161. The molecule has 1 aliphatic rings. The average Bonchev–Trinajstić information content (AvgIpc) is 2.13. The summed E-state index contributed by atoms with van der Waals surface area (Å²) in [5.74, 6) is 0. The van der Waals surface area contributed by atoms with Gasteiger partial charge in [-0.1, -0.05) is 20.3 Å². The minimum absolute atomic E-state index is 0. The molecular formula is C10H22ClNO. The number of aliphatic hydroxyl groups is 1. The third kappa shape index (κ3) is 3.84. The molecule has 0 spiro atoms. The molecule has 13 heavy (non-hydrogen) atoms. The molecule has 1 aliphatic carbocycles. The molecule has 1 unspecified atom stereocenters. The summed E-state index contributed by atoms with van der Waals surface area (Å²) in [6.07, 6.45) is 5.18. The summed E-state index contributed by atoms with van der Waals surface area (Å²) >= 11 is 0. The molecule has 1 fully saturated rings. The summed E-state index contributed by atoms with van der Waals surface area (Å²) in [5, 5.41) is 9.97. The van der Waals surface area contributed by atoms with Gasteiger partial charge in [0.25, 0.3) is 0 Å². The van der Waals surface area contributed by atoms with Crippen LogP contribution in [0.4, 0.5) is 0 Å². The van der Waals surface area contributed by atoms with Crippen LogP contribution in [0.15, 0.2) is 0 Å². The van der Waals surface area contributed by atoms with Gasteiger partial charge in [0.2, 0.25) is 0 Å². The molecular weight excluding hydrogens is 186 g/mol. The fraction of sp³-hybridized carbons (Fsp3) is 1.00. The number of rotatable bonds is 1. The standard InChI is InChI=1S/C10H21NO.ClH/c1-9(2)4-3-5-10(12,8-11)7-6-9;/h12H,3-8,11H2,1-2H3;1H. The summed E-state index contributed by atoms with van der Waals surface area (Å²) in [6, 6.07) is 0. The van der Waals surface area contributed by atoms with Gasteiger partial charge in [0, 0.05) is 6.54 Å². The molecule has 0 heterocycles. The minimum atomic E-state index is -0.562. The Balaban J connectivity index is 0.00000144. The number of nitrogens with two attached hydrogens (primary N) is 1. The van der Waals surface area contributed by atoms with E-state index in [2.05, 4.69) is 13.8 Å². The summed E-state index contributed by atoms with van der Waals surface area (Å²) in [6.45, 7) is 4.97. The summed E-state index contributed by atoms with van der Waals surface area (Å²) in [5.41, 5.74) is 5.39. The van der Waals surface area contributed by atoms with Crippen molar-refractivity contribution in [3.8, 4) is 0 Å². The Morgan fingerprint density at radius 3 is 2.31 bits per heavy atom. The van der Waals surface area contributed by atoms with Gasteiger partial charge in [-0.3, -0.25) is 0 Å². The van der Waals surface area contributed by atoms with Crippen LogP contribution in [0.3, 0.4) is 0 Å². The van der Waals surface area contributed by atoms with E-state index in [1.165, 1.54) is 6.42 Å². The monoisotopic (exact) mass is 207 g/mol. The maximum atomic E-state index is 9.97. The van der Waals surface area contributed by atoms with Crippen molar-refractivity contribution in [3.05, 3.63) is 0 Å². The maximum absolute atomic E-state index is 9.97. The Morgan fingerprint density at radius 1 is 1.15 bits per heavy atom. The maximum Gasteiger partial charge on any atom is 0.0769 e. The second-order valence-corrected chi connectivity index (χ2v) is 4.95. The van der Waals surface area contributed by atoms with Crippen molar-refractivity contribution in [2.75, 3.05) is 6.54 Å². The van der Waals surface area contributed by atoms with E-state index in [9.17, 15) is 5.11 Å². The Labute approximate surface area is 87.3 Å². The van der Waals surface area contributed by atoms with Gasteiger partial charge < -0.3 is 10.8 Å². The summed E-state index contributed by atoms with van der Waals surface area (Å²) in [7, 11) is 0. The third-order valence-electron chi connectivity index (χ3n) is 3.14. The lowest BCUT2D eigenvalue weighted by atomic mass is 9.84. The zero-order chi connectivity index (χ0) is 9.24. The number of halogens is 1. The molecule has 0 bridgehead atoms. The van der Waals surface area contributed by atoms with Crippen LogP contribution in [-0.2, 0) is 0 Å². The Hall–Kier alpha value is 0.210. The topological polar surface area (TPSA) is 46.2 Å². The lowest BCUT2D eigenvalue weighted by molar-refractivity contribution is 0.0311. The van der Waals surface area contributed by atoms with Crippen molar-refractivity contribution < 1.29 is 5.11 Å². The SMILES string of the molecule is CC1(C)CCCC(O)(CN)CC1.Cl. The second-order valence-electron chi connectivity index (χ2n) is 4.95. The molecule has 3 N–H and O–H groups in total. The van der Waals surface area contributed by atoms with Crippen LogP contribution in [0.2, 0.25) is 0 Å². The molecule has 1 atom stereocenters. The van der Waals surface area contributed by atoms with Gasteiger partial charge in [-0.05, 0) is 31.1 Å². The summed E-state index contributed by atoms with van der Waals surface area (Å²) < 4.78 is 0. The average molecular weight is 208 g/mol. The van der Waals surface area contributed by atoms with Gasteiger partial charge in [-0.15, -0.1) is 12.4 Å². The van der Waals surface area contributed by atoms with Crippen molar-refractivity contribution in [3.63, 3.8) is 0 Å². The minimum Gasteiger partial charge on any atom is -0.389 e. The Kier molecular flexibility index (Phi) is 4.70. The van der Waals surface area contributed by atoms with Gasteiger partial charge >= 0.3 is 0 Å². The third-order valence-corrected chi connectivity index (χ3v) is 3.14. The first-order valence-corrected chi connectivity index (χ1v) is 4.90. The van der Waals surface area contributed by atoms with E-state index in [0.29, 0.717) is 12.0 Å². The molecule has 0 amide bonds.